The highest BCUT2D eigenvalue weighted by atomic mass is 35.5. The fourth-order valence-corrected chi connectivity index (χ4v) is 3.14. The summed E-state index contributed by atoms with van der Waals surface area (Å²) in [5.74, 6) is 1.24. The van der Waals surface area contributed by atoms with Gasteiger partial charge in [0.15, 0.2) is 17.5 Å². The Kier molecular flexibility index (Phi) is 7.78. The van der Waals surface area contributed by atoms with Gasteiger partial charge in [0.2, 0.25) is 0 Å². The SMILES string of the molecule is CCOc1ccc(C[NH+](C)[C@@H](C)C(=O)Nc2c(Cl)cccc2Cl)cc1OC. The summed E-state index contributed by atoms with van der Waals surface area (Å²) in [5.41, 5.74) is 1.48. The van der Waals surface area contributed by atoms with Crippen molar-refractivity contribution in [3.05, 3.63) is 52.0 Å². The largest absolute Gasteiger partial charge is 0.493 e. The van der Waals surface area contributed by atoms with Crippen LogP contribution in [0.1, 0.15) is 19.4 Å². The Labute approximate surface area is 170 Å². The van der Waals surface area contributed by atoms with E-state index < -0.39 is 0 Å². The van der Waals surface area contributed by atoms with Crippen LogP contribution in [-0.4, -0.2) is 32.7 Å². The Bertz CT molecular complexity index is 779. The number of halogens is 2. The predicted octanol–water partition coefficient (Wildman–Crippen LogP) is 3.44. The average molecular weight is 412 g/mol. The molecule has 0 aliphatic heterocycles. The van der Waals surface area contributed by atoms with Gasteiger partial charge in [0, 0.05) is 5.56 Å². The molecule has 0 bridgehead atoms. The highest BCUT2D eigenvalue weighted by Crippen LogP contribution is 2.30. The van der Waals surface area contributed by atoms with E-state index in [2.05, 4.69) is 5.32 Å². The number of hydrogen-bond donors (Lipinski definition) is 2. The zero-order chi connectivity index (χ0) is 20.0. The second kappa shape index (κ2) is 9.83. The molecule has 0 spiro atoms. The van der Waals surface area contributed by atoms with Crippen molar-refractivity contribution in [1.29, 1.82) is 0 Å². The second-order valence-corrected chi connectivity index (χ2v) is 7.06. The van der Waals surface area contributed by atoms with Gasteiger partial charge in [-0.15, -0.1) is 0 Å². The number of hydrogen-bond acceptors (Lipinski definition) is 3. The number of carbonyl (C=O) groups is 1. The lowest BCUT2D eigenvalue weighted by atomic mass is 10.1. The Morgan fingerprint density at radius 2 is 1.85 bits per heavy atom. The predicted molar refractivity (Wildman–Crippen MR) is 109 cm³/mol. The number of nitrogens with one attached hydrogen (secondary N) is 2. The monoisotopic (exact) mass is 411 g/mol. The van der Waals surface area contributed by atoms with E-state index in [4.69, 9.17) is 32.7 Å². The van der Waals surface area contributed by atoms with Crippen LogP contribution in [0.4, 0.5) is 5.69 Å². The van der Waals surface area contributed by atoms with Crippen molar-refractivity contribution in [3.8, 4) is 11.5 Å². The molecule has 2 rings (SSSR count). The molecule has 2 aromatic carbocycles. The topological polar surface area (TPSA) is 52.0 Å². The molecule has 27 heavy (non-hydrogen) atoms. The van der Waals surface area contributed by atoms with Crippen molar-refractivity contribution in [2.24, 2.45) is 0 Å². The van der Waals surface area contributed by atoms with Gasteiger partial charge < -0.3 is 19.7 Å². The number of anilines is 1. The first-order valence-corrected chi connectivity index (χ1v) is 9.49. The zero-order valence-corrected chi connectivity index (χ0v) is 17.4. The summed E-state index contributed by atoms with van der Waals surface area (Å²) in [4.78, 5) is 13.6. The molecule has 2 N–H and O–H groups in total. The van der Waals surface area contributed by atoms with Gasteiger partial charge in [-0.1, -0.05) is 29.3 Å². The highest BCUT2D eigenvalue weighted by molar-refractivity contribution is 6.39. The van der Waals surface area contributed by atoms with E-state index in [9.17, 15) is 4.79 Å². The molecule has 1 unspecified atom stereocenters. The summed E-state index contributed by atoms with van der Waals surface area (Å²) < 4.78 is 10.9. The van der Waals surface area contributed by atoms with E-state index in [0.717, 1.165) is 10.5 Å². The number of quaternary nitrogens is 1. The number of benzene rings is 2. The lowest BCUT2D eigenvalue weighted by Gasteiger charge is -2.22. The third-order valence-corrected chi connectivity index (χ3v) is 4.98. The van der Waals surface area contributed by atoms with Crippen molar-refractivity contribution in [3.63, 3.8) is 0 Å². The maximum Gasteiger partial charge on any atom is 0.282 e. The number of carbonyl (C=O) groups excluding carboxylic acids is 1. The average Bonchev–Trinajstić information content (AvgIpc) is 2.65. The van der Waals surface area contributed by atoms with Crippen molar-refractivity contribution in [2.45, 2.75) is 26.4 Å². The van der Waals surface area contributed by atoms with Crippen LogP contribution in [0, 0.1) is 0 Å². The molecule has 2 aromatic rings. The number of likely N-dealkylation sites (N-methyl/N-ethyl adjacent to an activating group) is 1. The van der Waals surface area contributed by atoms with E-state index in [1.807, 2.05) is 39.1 Å². The first-order valence-electron chi connectivity index (χ1n) is 8.74. The summed E-state index contributed by atoms with van der Waals surface area (Å²) >= 11 is 12.3. The molecule has 7 heteroatoms. The minimum Gasteiger partial charge on any atom is -0.493 e. The first-order chi connectivity index (χ1) is 12.9. The molecule has 0 aliphatic carbocycles. The zero-order valence-electron chi connectivity index (χ0n) is 15.9. The molecule has 146 valence electrons. The van der Waals surface area contributed by atoms with Crippen LogP contribution in [-0.2, 0) is 11.3 Å². The lowest BCUT2D eigenvalue weighted by molar-refractivity contribution is -0.907. The minimum atomic E-state index is -0.310. The maximum atomic E-state index is 12.6. The van der Waals surface area contributed by atoms with Gasteiger partial charge in [0.25, 0.3) is 5.91 Å². The second-order valence-electron chi connectivity index (χ2n) is 6.25. The summed E-state index contributed by atoms with van der Waals surface area (Å²) in [5, 5.41) is 3.65. The molecule has 0 fully saturated rings. The molecule has 0 radical (unpaired) electrons. The van der Waals surface area contributed by atoms with Crippen LogP contribution in [0.15, 0.2) is 36.4 Å². The van der Waals surface area contributed by atoms with Gasteiger partial charge in [0.05, 0.1) is 36.5 Å². The molecule has 0 saturated carbocycles. The molecule has 5 nitrogen and oxygen atoms in total. The quantitative estimate of drug-likeness (QED) is 0.699. The molecular weight excluding hydrogens is 387 g/mol. The molecule has 0 heterocycles. The van der Waals surface area contributed by atoms with Gasteiger partial charge in [-0.3, -0.25) is 4.79 Å². The number of rotatable bonds is 8. The van der Waals surface area contributed by atoms with Crippen molar-refractivity contribution >= 4 is 34.8 Å². The van der Waals surface area contributed by atoms with Crippen LogP contribution in [0.25, 0.3) is 0 Å². The van der Waals surface area contributed by atoms with Gasteiger partial charge in [0.1, 0.15) is 6.54 Å². The third kappa shape index (κ3) is 5.51. The Hall–Kier alpha value is -1.95. The van der Waals surface area contributed by atoms with Gasteiger partial charge in [-0.25, -0.2) is 0 Å². The first kappa shape index (κ1) is 21.4. The van der Waals surface area contributed by atoms with Crippen molar-refractivity contribution in [1.82, 2.24) is 0 Å². The standard InChI is InChI=1S/C20H24Cl2N2O3/c1-5-27-17-10-9-14(11-18(17)26-4)12-24(3)13(2)20(25)23-19-15(21)7-6-8-16(19)22/h6-11,13H,5,12H2,1-4H3,(H,23,25)/p+1/t13-/m0/s1. The van der Waals surface area contributed by atoms with E-state index in [1.165, 1.54) is 0 Å². The number of methoxy groups -OCH3 is 1. The Balaban J connectivity index is 2.06. The summed E-state index contributed by atoms with van der Waals surface area (Å²) in [6.07, 6.45) is 0. The fraction of sp³-hybridized carbons (Fsp3) is 0.350. The van der Waals surface area contributed by atoms with Crippen LogP contribution in [0.5, 0.6) is 11.5 Å². The van der Waals surface area contributed by atoms with Crippen LogP contribution >= 0.6 is 23.2 Å². The van der Waals surface area contributed by atoms with Crippen LogP contribution in [0.2, 0.25) is 10.0 Å². The maximum absolute atomic E-state index is 12.6. The van der Waals surface area contributed by atoms with Crippen LogP contribution < -0.4 is 19.7 Å². The number of para-hydroxylation sites is 1. The fourth-order valence-electron chi connectivity index (χ4n) is 2.64. The smallest absolute Gasteiger partial charge is 0.282 e. The van der Waals surface area contributed by atoms with E-state index in [-0.39, 0.29) is 11.9 Å². The number of amides is 1. The Morgan fingerprint density at radius 3 is 2.44 bits per heavy atom. The van der Waals surface area contributed by atoms with Gasteiger partial charge in [-0.05, 0) is 44.2 Å². The van der Waals surface area contributed by atoms with E-state index >= 15 is 0 Å². The van der Waals surface area contributed by atoms with Crippen LogP contribution in [0.3, 0.4) is 0 Å². The summed E-state index contributed by atoms with van der Waals surface area (Å²) in [6, 6.07) is 10.6. The molecule has 1 amide bonds. The molecular formula is C20H25Cl2N2O3+. The van der Waals surface area contributed by atoms with Gasteiger partial charge >= 0.3 is 0 Å². The van der Waals surface area contributed by atoms with Crippen molar-refractivity contribution in [2.75, 3.05) is 26.1 Å². The molecule has 0 aliphatic rings. The molecule has 2 atom stereocenters. The minimum absolute atomic E-state index is 0.152. The van der Waals surface area contributed by atoms with E-state index in [0.29, 0.717) is 40.4 Å². The van der Waals surface area contributed by atoms with E-state index in [1.54, 1.807) is 25.3 Å². The Morgan fingerprint density at radius 1 is 1.19 bits per heavy atom. The molecule has 0 saturated heterocycles. The van der Waals surface area contributed by atoms with Crippen molar-refractivity contribution < 1.29 is 19.2 Å². The highest BCUT2D eigenvalue weighted by Gasteiger charge is 2.24. The molecule has 0 aromatic heterocycles. The third-order valence-electron chi connectivity index (χ3n) is 4.35. The van der Waals surface area contributed by atoms with Gasteiger partial charge in [-0.2, -0.15) is 0 Å². The lowest BCUT2D eigenvalue weighted by Crippen LogP contribution is -3.12. The normalized spacial score (nSPS) is 13.0. The number of ether oxygens (including phenoxy) is 2. The summed E-state index contributed by atoms with van der Waals surface area (Å²) in [6.45, 7) is 5.01. The summed E-state index contributed by atoms with van der Waals surface area (Å²) in [7, 11) is 3.57.